The van der Waals surface area contributed by atoms with Crippen molar-refractivity contribution in [1.29, 1.82) is 0 Å². The van der Waals surface area contributed by atoms with Gasteiger partial charge in [0.2, 0.25) is 0 Å². The van der Waals surface area contributed by atoms with Gasteiger partial charge < -0.3 is 10.4 Å². The average Bonchev–Trinajstić information content (AvgIpc) is 2.28. The third-order valence-corrected chi connectivity index (χ3v) is 2.58. The maximum atomic E-state index is 9.14. The van der Waals surface area contributed by atoms with E-state index in [-0.39, 0.29) is 6.10 Å². The lowest BCUT2D eigenvalue weighted by molar-refractivity contribution is 0.191. The Labute approximate surface area is 95.9 Å². The Morgan fingerprint density at radius 2 is 1.88 bits per heavy atom. The molecule has 0 radical (unpaired) electrons. The zero-order valence-corrected chi connectivity index (χ0v) is 9.48. The van der Waals surface area contributed by atoms with Crippen LogP contribution in [0.1, 0.15) is 12.5 Å². The van der Waals surface area contributed by atoms with E-state index in [1.54, 1.807) is 6.92 Å². The number of fused-ring (bicyclic) bond motifs is 1. The van der Waals surface area contributed by atoms with Crippen LogP contribution in [-0.4, -0.2) is 17.8 Å². The Bertz CT molecular complexity index is 465. The molecule has 0 saturated carbocycles. The Hall–Kier alpha value is -1.38. The molecule has 2 heteroatoms. The van der Waals surface area contributed by atoms with Crippen molar-refractivity contribution < 1.29 is 5.11 Å². The summed E-state index contributed by atoms with van der Waals surface area (Å²) >= 11 is 0. The zero-order chi connectivity index (χ0) is 11.4. The lowest BCUT2D eigenvalue weighted by atomic mass is 10.1. The number of aliphatic hydroxyl groups excluding tert-OH is 1. The second kappa shape index (κ2) is 5.10. The second-order valence-corrected chi connectivity index (χ2v) is 4.16. The van der Waals surface area contributed by atoms with Crippen LogP contribution in [0.5, 0.6) is 0 Å². The van der Waals surface area contributed by atoms with Gasteiger partial charge in [0.1, 0.15) is 0 Å². The highest BCUT2D eigenvalue weighted by Gasteiger charge is 1.97. The number of aliphatic hydroxyl groups is 1. The summed E-state index contributed by atoms with van der Waals surface area (Å²) < 4.78 is 0. The smallest absolute Gasteiger partial charge is 0.0636 e. The van der Waals surface area contributed by atoms with E-state index >= 15 is 0 Å². The molecule has 0 aliphatic rings. The van der Waals surface area contributed by atoms with Crippen LogP contribution in [0, 0.1) is 0 Å². The molecule has 0 unspecified atom stereocenters. The minimum atomic E-state index is -0.291. The van der Waals surface area contributed by atoms with Gasteiger partial charge in [0.25, 0.3) is 0 Å². The van der Waals surface area contributed by atoms with Crippen molar-refractivity contribution in [2.45, 2.75) is 19.6 Å². The number of benzene rings is 2. The standard InChI is InChI=1S/C14H17NO/c1-11(16)9-15-10-12-6-7-13-4-2-3-5-14(13)8-12/h2-8,11,15-16H,9-10H2,1H3/t11-/m0/s1. The molecule has 0 aromatic heterocycles. The molecule has 0 heterocycles. The number of hydrogen-bond donors (Lipinski definition) is 2. The molecule has 0 saturated heterocycles. The van der Waals surface area contributed by atoms with Crippen LogP contribution in [0.25, 0.3) is 10.8 Å². The van der Waals surface area contributed by atoms with Crippen molar-refractivity contribution in [1.82, 2.24) is 5.32 Å². The van der Waals surface area contributed by atoms with Crippen molar-refractivity contribution >= 4 is 10.8 Å². The third-order valence-electron chi connectivity index (χ3n) is 2.58. The summed E-state index contributed by atoms with van der Waals surface area (Å²) in [6.45, 7) is 3.22. The number of nitrogens with one attached hydrogen (secondary N) is 1. The van der Waals surface area contributed by atoms with Crippen molar-refractivity contribution in [2.75, 3.05) is 6.54 Å². The molecule has 0 spiro atoms. The molecule has 0 fully saturated rings. The Kier molecular flexibility index (Phi) is 3.54. The van der Waals surface area contributed by atoms with E-state index in [2.05, 4.69) is 41.7 Å². The van der Waals surface area contributed by atoms with Gasteiger partial charge in [-0.1, -0.05) is 36.4 Å². The van der Waals surface area contributed by atoms with Crippen LogP contribution in [0.2, 0.25) is 0 Å². The van der Waals surface area contributed by atoms with Gasteiger partial charge in [-0.05, 0) is 29.3 Å². The quantitative estimate of drug-likeness (QED) is 0.820. The first-order valence-electron chi connectivity index (χ1n) is 5.62. The van der Waals surface area contributed by atoms with Gasteiger partial charge in [-0.15, -0.1) is 0 Å². The molecule has 0 amide bonds. The summed E-state index contributed by atoms with van der Waals surface area (Å²) in [4.78, 5) is 0. The fourth-order valence-corrected chi connectivity index (χ4v) is 1.77. The van der Waals surface area contributed by atoms with Crippen LogP contribution in [0.15, 0.2) is 42.5 Å². The van der Waals surface area contributed by atoms with Gasteiger partial charge in [-0.3, -0.25) is 0 Å². The van der Waals surface area contributed by atoms with Crippen molar-refractivity contribution in [3.8, 4) is 0 Å². The molecular formula is C14H17NO. The van der Waals surface area contributed by atoms with Gasteiger partial charge in [-0.2, -0.15) is 0 Å². The molecule has 2 aromatic rings. The molecule has 0 aliphatic carbocycles. The Morgan fingerprint density at radius 3 is 2.62 bits per heavy atom. The minimum Gasteiger partial charge on any atom is -0.392 e. The molecule has 2 rings (SSSR count). The fraction of sp³-hybridized carbons (Fsp3) is 0.286. The molecule has 0 bridgehead atoms. The van der Waals surface area contributed by atoms with E-state index in [1.807, 2.05) is 6.07 Å². The van der Waals surface area contributed by atoms with Crippen molar-refractivity contribution in [3.05, 3.63) is 48.0 Å². The summed E-state index contributed by atoms with van der Waals surface area (Å²) in [5, 5.41) is 14.9. The van der Waals surface area contributed by atoms with Crippen LogP contribution in [0.3, 0.4) is 0 Å². The van der Waals surface area contributed by atoms with E-state index in [0.717, 1.165) is 6.54 Å². The maximum absolute atomic E-state index is 9.14. The summed E-state index contributed by atoms with van der Waals surface area (Å²) in [7, 11) is 0. The second-order valence-electron chi connectivity index (χ2n) is 4.16. The number of rotatable bonds is 4. The Morgan fingerprint density at radius 1 is 1.12 bits per heavy atom. The van der Waals surface area contributed by atoms with Crippen LogP contribution in [0.4, 0.5) is 0 Å². The first-order valence-corrected chi connectivity index (χ1v) is 5.62. The molecule has 2 nitrogen and oxygen atoms in total. The highest BCUT2D eigenvalue weighted by atomic mass is 16.3. The summed E-state index contributed by atoms with van der Waals surface area (Å²) in [6.07, 6.45) is -0.291. The molecule has 0 aliphatic heterocycles. The van der Waals surface area contributed by atoms with Gasteiger partial charge in [-0.25, -0.2) is 0 Å². The van der Waals surface area contributed by atoms with Gasteiger partial charge >= 0.3 is 0 Å². The largest absolute Gasteiger partial charge is 0.392 e. The lowest BCUT2D eigenvalue weighted by Crippen LogP contribution is -2.23. The topological polar surface area (TPSA) is 32.3 Å². The van der Waals surface area contributed by atoms with Crippen molar-refractivity contribution in [2.24, 2.45) is 0 Å². The van der Waals surface area contributed by atoms with Gasteiger partial charge in [0, 0.05) is 13.1 Å². The van der Waals surface area contributed by atoms with Crippen LogP contribution >= 0.6 is 0 Å². The average molecular weight is 215 g/mol. The van der Waals surface area contributed by atoms with Crippen molar-refractivity contribution in [3.63, 3.8) is 0 Å². The van der Waals surface area contributed by atoms with Gasteiger partial charge in [0.15, 0.2) is 0 Å². The van der Waals surface area contributed by atoms with E-state index in [4.69, 9.17) is 5.11 Å². The predicted octanol–water partition coefficient (Wildman–Crippen LogP) is 2.31. The fourth-order valence-electron chi connectivity index (χ4n) is 1.77. The normalized spacial score (nSPS) is 12.9. The van der Waals surface area contributed by atoms with E-state index in [0.29, 0.717) is 6.54 Å². The molecule has 84 valence electrons. The number of hydrogen-bond acceptors (Lipinski definition) is 2. The van der Waals surface area contributed by atoms with E-state index in [9.17, 15) is 0 Å². The molecule has 16 heavy (non-hydrogen) atoms. The van der Waals surface area contributed by atoms with Crippen LogP contribution < -0.4 is 5.32 Å². The van der Waals surface area contributed by atoms with E-state index in [1.165, 1.54) is 16.3 Å². The summed E-state index contributed by atoms with van der Waals surface area (Å²) in [6, 6.07) is 14.8. The van der Waals surface area contributed by atoms with Crippen LogP contribution in [-0.2, 0) is 6.54 Å². The molecule has 1 atom stereocenters. The molecule has 2 aromatic carbocycles. The summed E-state index contributed by atoms with van der Waals surface area (Å²) in [5.41, 5.74) is 1.25. The molecular weight excluding hydrogens is 198 g/mol. The van der Waals surface area contributed by atoms with E-state index < -0.39 is 0 Å². The SMILES string of the molecule is C[C@H](O)CNCc1ccc2ccccc2c1. The van der Waals surface area contributed by atoms with Gasteiger partial charge in [0.05, 0.1) is 6.10 Å². The highest BCUT2D eigenvalue weighted by Crippen LogP contribution is 2.15. The predicted molar refractivity (Wildman–Crippen MR) is 67.3 cm³/mol. The first kappa shape index (κ1) is 11.1. The molecule has 2 N–H and O–H groups in total. The lowest BCUT2D eigenvalue weighted by Gasteiger charge is -2.07. The minimum absolute atomic E-state index is 0.291. The highest BCUT2D eigenvalue weighted by molar-refractivity contribution is 5.82. The zero-order valence-electron chi connectivity index (χ0n) is 9.48. The third kappa shape index (κ3) is 2.81. The monoisotopic (exact) mass is 215 g/mol. The Balaban J connectivity index is 2.08. The first-order chi connectivity index (χ1) is 7.75. The summed E-state index contributed by atoms with van der Waals surface area (Å²) in [5.74, 6) is 0. The maximum Gasteiger partial charge on any atom is 0.0636 e.